The van der Waals surface area contributed by atoms with Gasteiger partial charge in [-0.2, -0.15) is 0 Å². The summed E-state index contributed by atoms with van der Waals surface area (Å²) in [6.07, 6.45) is 3.55. The standard InChI is InChI=1S/C22H28N4O3/c1-3-26-20-13-17(14-23-19(20)6-7-21(26)28)15(2)24-8-10-25(11-9-24)22(29)16-4-5-18(27)12-16/h6-7,13-16H,3-5,8-12H2,1-2H3/t15-,16-/m0/s1. The Morgan fingerprint density at radius 1 is 1.21 bits per heavy atom. The lowest BCUT2D eigenvalue weighted by atomic mass is 10.0. The smallest absolute Gasteiger partial charge is 0.251 e. The summed E-state index contributed by atoms with van der Waals surface area (Å²) in [6, 6.07) is 5.56. The topological polar surface area (TPSA) is 75.5 Å². The van der Waals surface area contributed by atoms with Gasteiger partial charge in [0.25, 0.3) is 5.56 Å². The number of pyridine rings is 2. The Hall–Kier alpha value is -2.54. The second-order valence-electron chi connectivity index (χ2n) is 8.10. The number of carbonyl (C=O) groups is 2. The molecule has 7 heteroatoms. The van der Waals surface area contributed by atoms with Crippen molar-refractivity contribution < 1.29 is 9.59 Å². The Morgan fingerprint density at radius 3 is 2.62 bits per heavy atom. The Bertz CT molecular complexity index is 991. The van der Waals surface area contributed by atoms with Gasteiger partial charge in [-0.1, -0.05) is 0 Å². The zero-order valence-electron chi connectivity index (χ0n) is 17.1. The van der Waals surface area contributed by atoms with Gasteiger partial charge < -0.3 is 9.47 Å². The number of hydrogen-bond donors (Lipinski definition) is 0. The van der Waals surface area contributed by atoms with Gasteiger partial charge in [-0.15, -0.1) is 0 Å². The fourth-order valence-corrected chi connectivity index (χ4v) is 4.56. The molecule has 0 aromatic carbocycles. The molecule has 2 fully saturated rings. The first-order valence-corrected chi connectivity index (χ1v) is 10.5. The van der Waals surface area contributed by atoms with E-state index < -0.39 is 0 Å². The molecule has 2 aromatic rings. The summed E-state index contributed by atoms with van der Waals surface area (Å²) in [5.41, 5.74) is 2.75. The molecule has 1 amide bonds. The third-order valence-corrected chi connectivity index (χ3v) is 6.43. The average Bonchev–Trinajstić information content (AvgIpc) is 3.18. The van der Waals surface area contributed by atoms with E-state index in [1.807, 2.05) is 18.0 Å². The number of piperazine rings is 1. The highest BCUT2D eigenvalue weighted by Gasteiger charge is 2.33. The summed E-state index contributed by atoms with van der Waals surface area (Å²) in [5.74, 6) is 0.245. The monoisotopic (exact) mass is 396 g/mol. The first-order chi connectivity index (χ1) is 14.0. The fraction of sp³-hybridized carbons (Fsp3) is 0.545. The lowest BCUT2D eigenvalue weighted by Gasteiger charge is -2.39. The predicted molar refractivity (Wildman–Crippen MR) is 111 cm³/mol. The molecule has 2 atom stereocenters. The number of aromatic nitrogens is 2. The molecule has 7 nitrogen and oxygen atoms in total. The van der Waals surface area contributed by atoms with Gasteiger partial charge in [0.15, 0.2) is 0 Å². The Balaban J connectivity index is 1.45. The fourth-order valence-electron chi connectivity index (χ4n) is 4.56. The lowest BCUT2D eigenvalue weighted by Crippen LogP contribution is -2.50. The highest BCUT2D eigenvalue weighted by Crippen LogP contribution is 2.27. The van der Waals surface area contributed by atoms with Crippen LogP contribution in [0.3, 0.4) is 0 Å². The predicted octanol–water partition coefficient (Wildman–Crippen LogP) is 1.99. The van der Waals surface area contributed by atoms with Crippen molar-refractivity contribution in [2.24, 2.45) is 5.92 Å². The third kappa shape index (κ3) is 3.83. The molecule has 154 valence electrons. The third-order valence-electron chi connectivity index (χ3n) is 6.43. The molecule has 1 saturated heterocycles. The van der Waals surface area contributed by atoms with Crippen molar-refractivity contribution in [3.63, 3.8) is 0 Å². The van der Waals surface area contributed by atoms with Crippen LogP contribution < -0.4 is 5.56 Å². The van der Waals surface area contributed by atoms with Gasteiger partial charge in [0, 0.05) is 69.8 Å². The summed E-state index contributed by atoms with van der Waals surface area (Å²) in [7, 11) is 0. The number of rotatable bonds is 4. The molecule has 0 radical (unpaired) electrons. The number of ketones is 1. The van der Waals surface area contributed by atoms with Crippen LogP contribution in [-0.2, 0) is 16.1 Å². The highest BCUT2D eigenvalue weighted by atomic mass is 16.2. The molecular weight excluding hydrogens is 368 g/mol. The maximum absolute atomic E-state index is 12.7. The molecule has 0 bridgehead atoms. The second kappa shape index (κ2) is 8.06. The average molecular weight is 396 g/mol. The minimum Gasteiger partial charge on any atom is -0.340 e. The quantitative estimate of drug-likeness (QED) is 0.790. The number of nitrogens with zero attached hydrogens (tertiary/aromatic N) is 4. The van der Waals surface area contributed by atoms with Crippen molar-refractivity contribution in [1.82, 2.24) is 19.4 Å². The summed E-state index contributed by atoms with van der Waals surface area (Å²) in [6.45, 7) is 7.68. The maximum Gasteiger partial charge on any atom is 0.251 e. The van der Waals surface area contributed by atoms with E-state index in [4.69, 9.17) is 0 Å². The van der Waals surface area contributed by atoms with E-state index in [2.05, 4.69) is 22.9 Å². The molecule has 0 spiro atoms. The summed E-state index contributed by atoms with van der Waals surface area (Å²) in [4.78, 5) is 45.1. The first kappa shape index (κ1) is 19.8. The Labute approximate surface area is 170 Å². The van der Waals surface area contributed by atoms with E-state index in [0.29, 0.717) is 38.9 Å². The largest absolute Gasteiger partial charge is 0.340 e. The van der Waals surface area contributed by atoms with Crippen LogP contribution in [0.25, 0.3) is 11.0 Å². The molecule has 2 aliphatic rings. The number of carbonyl (C=O) groups excluding carboxylic acids is 2. The van der Waals surface area contributed by atoms with E-state index in [9.17, 15) is 14.4 Å². The number of Topliss-reactive ketones (excluding diaryl/α,β-unsaturated/α-hetero) is 1. The minimum atomic E-state index is -0.109. The van der Waals surface area contributed by atoms with E-state index in [0.717, 1.165) is 29.7 Å². The minimum absolute atomic E-state index is 0.0101. The number of fused-ring (bicyclic) bond motifs is 1. The Kier molecular flexibility index (Phi) is 5.50. The molecular formula is C22H28N4O3. The highest BCUT2D eigenvalue weighted by molar-refractivity contribution is 5.90. The van der Waals surface area contributed by atoms with Crippen molar-refractivity contribution in [1.29, 1.82) is 0 Å². The van der Waals surface area contributed by atoms with Crippen LogP contribution in [0.15, 0.2) is 29.2 Å². The van der Waals surface area contributed by atoms with Crippen LogP contribution in [0.5, 0.6) is 0 Å². The van der Waals surface area contributed by atoms with E-state index in [1.54, 1.807) is 16.7 Å². The molecule has 0 N–H and O–H groups in total. The van der Waals surface area contributed by atoms with Crippen molar-refractivity contribution in [3.8, 4) is 0 Å². The van der Waals surface area contributed by atoms with Gasteiger partial charge in [-0.05, 0) is 38.0 Å². The van der Waals surface area contributed by atoms with E-state index >= 15 is 0 Å². The van der Waals surface area contributed by atoms with Gasteiger partial charge >= 0.3 is 0 Å². The zero-order chi connectivity index (χ0) is 20.5. The normalized spacial score (nSPS) is 21.7. The molecule has 29 heavy (non-hydrogen) atoms. The molecule has 1 aliphatic heterocycles. The van der Waals surface area contributed by atoms with Crippen LogP contribution in [0, 0.1) is 5.92 Å². The summed E-state index contributed by atoms with van der Waals surface area (Å²) in [5, 5.41) is 0. The maximum atomic E-state index is 12.7. The molecule has 2 aromatic heterocycles. The number of hydrogen-bond acceptors (Lipinski definition) is 5. The Morgan fingerprint density at radius 2 is 1.97 bits per heavy atom. The first-order valence-electron chi connectivity index (χ1n) is 10.5. The number of aryl methyl sites for hydroxylation is 1. The van der Waals surface area contributed by atoms with Gasteiger partial charge in [-0.3, -0.25) is 24.3 Å². The van der Waals surface area contributed by atoms with Crippen LogP contribution in [-0.4, -0.2) is 57.2 Å². The molecule has 1 aliphatic carbocycles. The van der Waals surface area contributed by atoms with E-state index in [-0.39, 0.29) is 29.2 Å². The summed E-state index contributed by atoms with van der Waals surface area (Å²) < 4.78 is 1.75. The van der Waals surface area contributed by atoms with Crippen LogP contribution in [0.1, 0.15) is 44.7 Å². The van der Waals surface area contributed by atoms with Crippen molar-refractivity contribution in [3.05, 3.63) is 40.3 Å². The van der Waals surface area contributed by atoms with Crippen molar-refractivity contribution in [2.45, 2.75) is 45.7 Å². The SMILES string of the molecule is CCn1c(=O)ccc2ncc([C@H](C)N3CCN(C(=O)[C@H]4CCC(=O)C4)CC3)cc21. The summed E-state index contributed by atoms with van der Waals surface area (Å²) >= 11 is 0. The second-order valence-corrected chi connectivity index (χ2v) is 8.10. The van der Waals surface area contributed by atoms with Crippen molar-refractivity contribution in [2.75, 3.05) is 26.2 Å². The van der Waals surface area contributed by atoms with E-state index in [1.165, 1.54) is 0 Å². The zero-order valence-corrected chi connectivity index (χ0v) is 17.1. The lowest BCUT2D eigenvalue weighted by molar-refractivity contribution is -0.138. The molecule has 0 unspecified atom stereocenters. The van der Waals surface area contributed by atoms with Gasteiger partial charge in [0.1, 0.15) is 5.78 Å². The molecule has 4 rings (SSSR count). The molecule has 1 saturated carbocycles. The van der Waals surface area contributed by atoms with Gasteiger partial charge in [0.05, 0.1) is 11.0 Å². The number of amides is 1. The van der Waals surface area contributed by atoms with Crippen LogP contribution in [0.2, 0.25) is 0 Å². The van der Waals surface area contributed by atoms with Crippen LogP contribution >= 0.6 is 0 Å². The van der Waals surface area contributed by atoms with Gasteiger partial charge in [-0.25, -0.2) is 0 Å². The van der Waals surface area contributed by atoms with Crippen LogP contribution in [0.4, 0.5) is 0 Å². The molecule has 3 heterocycles. The van der Waals surface area contributed by atoms with Crippen molar-refractivity contribution >= 4 is 22.7 Å². The van der Waals surface area contributed by atoms with Gasteiger partial charge in [0.2, 0.25) is 5.91 Å².